The third-order valence-corrected chi connectivity index (χ3v) is 3.42. The Labute approximate surface area is 106 Å². The molecule has 3 rings (SSSR count). The first kappa shape index (κ1) is 11.5. The van der Waals surface area contributed by atoms with Gasteiger partial charge in [-0.15, -0.1) is 0 Å². The van der Waals surface area contributed by atoms with E-state index in [1.165, 1.54) is 6.42 Å². The van der Waals surface area contributed by atoms with Gasteiger partial charge in [-0.1, -0.05) is 0 Å². The van der Waals surface area contributed by atoms with Crippen LogP contribution in [0.2, 0.25) is 0 Å². The summed E-state index contributed by atoms with van der Waals surface area (Å²) in [6, 6.07) is 2.11. The van der Waals surface area contributed by atoms with Gasteiger partial charge in [0, 0.05) is 25.6 Å². The third kappa shape index (κ3) is 2.06. The number of nitrogens with zero attached hydrogens (tertiary/aromatic N) is 3. The number of aryl methyl sites for hydroxylation is 2. The van der Waals surface area contributed by atoms with Gasteiger partial charge in [-0.2, -0.15) is 5.10 Å². The van der Waals surface area contributed by atoms with E-state index in [1.54, 1.807) is 0 Å². The Morgan fingerprint density at radius 3 is 3.22 bits per heavy atom. The van der Waals surface area contributed by atoms with Gasteiger partial charge in [-0.25, -0.2) is 4.98 Å². The van der Waals surface area contributed by atoms with E-state index in [9.17, 15) is 0 Å². The first-order valence-corrected chi connectivity index (χ1v) is 6.39. The SMILES string of the molecule is Cc1nn(C)c2ncc(NCC3CCCO3)cc12. The quantitative estimate of drug-likeness (QED) is 0.898. The molecule has 5 heteroatoms. The van der Waals surface area contributed by atoms with E-state index in [0.717, 1.165) is 42.0 Å². The number of hydrogen-bond acceptors (Lipinski definition) is 4. The molecule has 3 heterocycles. The summed E-state index contributed by atoms with van der Waals surface area (Å²) in [5, 5.41) is 8.87. The molecule has 1 atom stereocenters. The molecule has 1 unspecified atom stereocenters. The lowest BCUT2D eigenvalue weighted by molar-refractivity contribution is 0.120. The molecule has 0 amide bonds. The Bertz CT molecular complexity index is 557. The monoisotopic (exact) mass is 246 g/mol. The average molecular weight is 246 g/mol. The molecule has 0 bridgehead atoms. The number of hydrogen-bond donors (Lipinski definition) is 1. The molecule has 96 valence electrons. The summed E-state index contributed by atoms with van der Waals surface area (Å²) in [4.78, 5) is 4.44. The Kier molecular flexibility index (Phi) is 2.91. The molecule has 0 spiro atoms. The van der Waals surface area contributed by atoms with Crippen molar-refractivity contribution in [2.24, 2.45) is 7.05 Å². The number of pyridine rings is 1. The summed E-state index contributed by atoms with van der Waals surface area (Å²) in [5.41, 5.74) is 2.98. The van der Waals surface area contributed by atoms with Gasteiger partial charge in [-0.3, -0.25) is 4.68 Å². The maximum Gasteiger partial charge on any atom is 0.157 e. The molecule has 0 saturated carbocycles. The fourth-order valence-electron chi connectivity index (χ4n) is 2.44. The molecular formula is C13H18N4O. The largest absolute Gasteiger partial charge is 0.381 e. The van der Waals surface area contributed by atoms with Crippen LogP contribution in [-0.4, -0.2) is 34.0 Å². The van der Waals surface area contributed by atoms with E-state index in [2.05, 4.69) is 21.5 Å². The molecule has 1 saturated heterocycles. The van der Waals surface area contributed by atoms with Gasteiger partial charge in [0.05, 0.1) is 23.7 Å². The van der Waals surface area contributed by atoms with E-state index in [0.29, 0.717) is 6.10 Å². The standard InChI is InChI=1S/C13H18N4O/c1-9-12-6-10(7-15-13(12)17(2)16-9)14-8-11-4-3-5-18-11/h6-7,11,14H,3-5,8H2,1-2H3. The van der Waals surface area contributed by atoms with E-state index >= 15 is 0 Å². The van der Waals surface area contributed by atoms with Crippen molar-refractivity contribution in [3.63, 3.8) is 0 Å². The summed E-state index contributed by atoms with van der Waals surface area (Å²) < 4.78 is 7.40. The van der Waals surface area contributed by atoms with Gasteiger partial charge < -0.3 is 10.1 Å². The number of anilines is 1. The van der Waals surface area contributed by atoms with Gasteiger partial charge in [0.2, 0.25) is 0 Å². The second kappa shape index (κ2) is 4.57. The lowest BCUT2D eigenvalue weighted by Gasteiger charge is -2.11. The Balaban J connectivity index is 1.78. The highest BCUT2D eigenvalue weighted by Crippen LogP contribution is 2.20. The minimum atomic E-state index is 0.343. The molecule has 0 aromatic carbocycles. The fraction of sp³-hybridized carbons (Fsp3) is 0.538. The summed E-state index contributed by atoms with van der Waals surface area (Å²) in [5.74, 6) is 0. The maximum absolute atomic E-state index is 5.59. The summed E-state index contributed by atoms with van der Waals surface area (Å²) in [7, 11) is 1.92. The van der Waals surface area contributed by atoms with Gasteiger partial charge in [-0.05, 0) is 25.8 Å². The number of nitrogens with one attached hydrogen (secondary N) is 1. The van der Waals surface area contributed by atoms with Crippen LogP contribution in [0, 0.1) is 6.92 Å². The summed E-state index contributed by atoms with van der Waals surface area (Å²) in [6.45, 7) is 3.76. The molecule has 1 fully saturated rings. The van der Waals surface area contributed by atoms with E-state index in [4.69, 9.17) is 4.74 Å². The van der Waals surface area contributed by atoms with E-state index < -0.39 is 0 Å². The predicted molar refractivity (Wildman–Crippen MR) is 70.7 cm³/mol. The minimum Gasteiger partial charge on any atom is -0.381 e. The lowest BCUT2D eigenvalue weighted by atomic mass is 10.2. The second-order valence-electron chi connectivity index (χ2n) is 4.82. The zero-order valence-electron chi connectivity index (χ0n) is 10.8. The van der Waals surface area contributed by atoms with E-state index in [-0.39, 0.29) is 0 Å². The molecule has 0 aliphatic carbocycles. The van der Waals surface area contributed by atoms with Crippen LogP contribution >= 0.6 is 0 Å². The number of ether oxygens (including phenoxy) is 1. The normalized spacial score (nSPS) is 19.6. The Morgan fingerprint density at radius 2 is 2.44 bits per heavy atom. The van der Waals surface area contributed by atoms with Crippen LogP contribution in [0.5, 0.6) is 0 Å². The third-order valence-electron chi connectivity index (χ3n) is 3.42. The van der Waals surface area contributed by atoms with Crippen molar-refractivity contribution in [1.29, 1.82) is 0 Å². The smallest absolute Gasteiger partial charge is 0.157 e. The highest BCUT2D eigenvalue weighted by molar-refractivity contribution is 5.81. The van der Waals surface area contributed by atoms with Crippen LogP contribution in [-0.2, 0) is 11.8 Å². The van der Waals surface area contributed by atoms with Crippen molar-refractivity contribution in [1.82, 2.24) is 14.8 Å². The zero-order valence-corrected chi connectivity index (χ0v) is 10.8. The predicted octanol–water partition coefficient (Wildman–Crippen LogP) is 1.87. The number of fused-ring (bicyclic) bond motifs is 1. The molecule has 5 nitrogen and oxygen atoms in total. The highest BCUT2D eigenvalue weighted by atomic mass is 16.5. The van der Waals surface area contributed by atoms with Crippen molar-refractivity contribution in [3.05, 3.63) is 18.0 Å². The molecule has 1 N–H and O–H groups in total. The Hall–Kier alpha value is -1.62. The number of rotatable bonds is 3. The number of aromatic nitrogens is 3. The van der Waals surface area contributed by atoms with Crippen LogP contribution in [0.1, 0.15) is 18.5 Å². The van der Waals surface area contributed by atoms with Crippen molar-refractivity contribution >= 4 is 16.7 Å². The van der Waals surface area contributed by atoms with Gasteiger partial charge in [0.25, 0.3) is 0 Å². The molecule has 1 aliphatic heterocycles. The van der Waals surface area contributed by atoms with Crippen molar-refractivity contribution in [2.45, 2.75) is 25.9 Å². The van der Waals surface area contributed by atoms with Gasteiger partial charge in [0.1, 0.15) is 0 Å². The van der Waals surface area contributed by atoms with Gasteiger partial charge >= 0.3 is 0 Å². The van der Waals surface area contributed by atoms with Crippen LogP contribution < -0.4 is 5.32 Å². The first-order chi connectivity index (χ1) is 8.74. The highest BCUT2D eigenvalue weighted by Gasteiger charge is 2.15. The van der Waals surface area contributed by atoms with Crippen LogP contribution in [0.25, 0.3) is 11.0 Å². The Morgan fingerprint density at radius 1 is 1.56 bits per heavy atom. The van der Waals surface area contributed by atoms with Crippen molar-refractivity contribution in [3.8, 4) is 0 Å². The minimum absolute atomic E-state index is 0.343. The molecular weight excluding hydrogens is 228 g/mol. The van der Waals surface area contributed by atoms with E-state index in [1.807, 2.05) is 24.9 Å². The zero-order chi connectivity index (χ0) is 12.5. The molecule has 2 aromatic heterocycles. The first-order valence-electron chi connectivity index (χ1n) is 6.39. The van der Waals surface area contributed by atoms with Crippen LogP contribution in [0.3, 0.4) is 0 Å². The maximum atomic E-state index is 5.59. The van der Waals surface area contributed by atoms with Crippen LogP contribution in [0.15, 0.2) is 12.3 Å². The van der Waals surface area contributed by atoms with Crippen LogP contribution in [0.4, 0.5) is 5.69 Å². The fourth-order valence-corrected chi connectivity index (χ4v) is 2.44. The molecule has 2 aromatic rings. The van der Waals surface area contributed by atoms with Gasteiger partial charge in [0.15, 0.2) is 5.65 Å². The molecule has 0 radical (unpaired) electrons. The molecule has 1 aliphatic rings. The summed E-state index contributed by atoms with van der Waals surface area (Å²) in [6.07, 6.45) is 4.52. The molecule has 18 heavy (non-hydrogen) atoms. The topological polar surface area (TPSA) is 52.0 Å². The summed E-state index contributed by atoms with van der Waals surface area (Å²) >= 11 is 0. The van der Waals surface area contributed by atoms with Crippen molar-refractivity contribution in [2.75, 3.05) is 18.5 Å². The average Bonchev–Trinajstić information content (AvgIpc) is 2.97. The second-order valence-corrected chi connectivity index (χ2v) is 4.82. The van der Waals surface area contributed by atoms with Crippen molar-refractivity contribution < 1.29 is 4.74 Å². The lowest BCUT2D eigenvalue weighted by Crippen LogP contribution is -2.18.